The Bertz CT molecular complexity index is 482. The summed E-state index contributed by atoms with van der Waals surface area (Å²) >= 11 is 1.68. The van der Waals surface area contributed by atoms with E-state index in [-0.39, 0.29) is 16.7 Å². The van der Waals surface area contributed by atoms with Crippen molar-refractivity contribution in [2.24, 2.45) is 0 Å². The van der Waals surface area contributed by atoms with E-state index in [4.69, 9.17) is 4.74 Å². The van der Waals surface area contributed by atoms with Crippen molar-refractivity contribution >= 4 is 17.7 Å². The minimum atomic E-state index is 0.110. The summed E-state index contributed by atoms with van der Waals surface area (Å²) in [7, 11) is 0. The maximum absolute atomic E-state index is 12.1. The second-order valence-corrected chi connectivity index (χ2v) is 8.58. The number of morpholine rings is 1. The van der Waals surface area contributed by atoms with Gasteiger partial charge in [-0.3, -0.25) is 9.69 Å². The highest BCUT2D eigenvalue weighted by molar-refractivity contribution is 8.01. The van der Waals surface area contributed by atoms with E-state index in [0.29, 0.717) is 12.3 Å². The van der Waals surface area contributed by atoms with Crippen molar-refractivity contribution in [2.45, 2.75) is 31.6 Å². The maximum Gasteiger partial charge on any atom is 0.230 e. The van der Waals surface area contributed by atoms with E-state index in [1.54, 1.807) is 11.8 Å². The van der Waals surface area contributed by atoms with Gasteiger partial charge in [0.1, 0.15) is 0 Å². The Labute approximate surface area is 144 Å². The Balaban J connectivity index is 1.94. The highest BCUT2D eigenvalue weighted by Gasteiger charge is 2.23. The first kappa shape index (κ1) is 18.3. The molecule has 0 spiro atoms. The van der Waals surface area contributed by atoms with Crippen LogP contribution in [0.4, 0.5) is 0 Å². The molecule has 1 saturated heterocycles. The fraction of sp³-hybridized carbons (Fsp3) is 0.611. The molecule has 2 rings (SSSR count). The first-order chi connectivity index (χ1) is 11.0. The second-order valence-electron chi connectivity index (χ2n) is 6.78. The largest absolute Gasteiger partial charge is 0.379 e. The highest BCUT2D eigenvalue weighted by Crippen LogP contribution is 2.23. The first-order valence-corrected chi connectivity index (χ1v) is 9.22. The number of benzene rings is 1. The summed E-state index contributed by atoms with van der Waals surface area (Å²) in [5.41, 5.74) is 1.25. The number of hydrogen-bond acceptors (Lipinski definition) is 4. The molecule has 128 valence electrons. The predicted octanol–water partition coefficient (Wildman–Crippen LogP) is 2.71. The number of carbonyl (C=O) groups is 1. The third-order valence-corrected chi connectivity index (χ3v) is 5.07. The number of amides is 1. The average Bonchev–Trinajstić information content (AvgIpc) is 2.54. The van der Waals surface area contributed by atoms with Crippen molar-refractivity contribution in [2.75, 3.05) is 38.6 Å². The summed E-state index contributed by atoms with van der Waals surface area (Å²) in [4.78, 5) is 14.5. The van der Waals surface area contributed by atoms with Gasteiger partial charge >= 0.3 is 0 Å². The molecule has 1 fully saturated rings. The van der Waals surface area contributed by atoms with Gasteiger partial charge in [-0.15, -0.1) is 11.8 Å². The van der Waals surface area contributed by atoms with Gasteiger partial charge in [0.25, 0.3) is 0 Å². The fourth-order valence-corrected chi connectivity index (χ4v) is 3.23. The number of thioether (sulfide) groups is 1. The molecule has 1 atom stereocenters. The van der Waals surface area contributed by atoms with Gasteiger partial charge in [0.15, 0.2) is 0 Å². The Morgan fingerprint density at radius 1 is 1.26 bits per heavy atom. The first-order valence-electron chi connectivity index (χ1n) is 8.23. The SMILES string of the molecule is CC(C)(C)SCC(=O)NCC(c1ccccc1)N1CCOCC1. The van der Waals surface area contributed by atoms with Gasteiger partial charge in [-0.05, 0) is 5.56 Å². The quantitative estimate of drug-likeness (QED) is 0.867. The zero-order chi connectivity index (χ0) is 16.7. The van der Waals surface area contributed by atoms with Crippen LogP contribution in [0.2, 0.25) is 0 Å². The van der Waals surface area contributed by atoms with Gasteiger partial charge in [-0.1, -0.05) is 51.1 Å². The molecule has 1 heterocycles. The molecule has 1 aliphatic rings. The van der Waals surface area contributed by atoms with Crippen molar-refractivity contribution in [1.82, 2.24) is 10.2 Å². The summed E-state index contributed by atoms with van der Waals surface area (Å²) in [5, 5.41) is 3.11. The van der Waals surface area contributed by atoms with E-state index >= 15 is 0 Å². The number of rotatable bonds is 6. The van der Waals surface area contributed by atoms with Gasteiger partial charge in [0.2, 0.25) is 5.91 Å². The highest BCUT2D eigenvalue weighted by atomic mass is 32.2. The molecule has 0 radical (unpaired) electrons. The summed E-state index contributed by atoms with van der Waals surface area (Å²) in [6, 6.07) is 10.6. The predicted molar refractivity (Wildman–Crippen MR) is 96.8 cm³/mol. The Hall–Kier alpha value is -1.04. The minimum Gasteiger partial charge on any atom is -0.379 e. The van der Waals surface area contributed by atoms with Crippen LogP contribution in [0.1, 0.15) is 32.4 Å². The number of ether oxygens (including phenoxy) is 1. The van der Waals surface area contributed by atoms with Crippen LogP contribution in [0.25, 0.3) is 0 Å². The molecule has 0 bridgehead atoms. The monoisotopic (exact) mass is 336 g/mol. The van der Waals surface area contributed by atoms with Gasteiger partial charge in [0.05, 0.1) is 25.0 Å². The van der Waals surface area contributed by atoms with Gasteiger partial charge in [0, 0.05) is 24.4 Å². The summed E-state index contributed by atoms with van der Waals surface area (Å²) in [6.45, 7) is 10.4. The van der Waals surface area contributed by atoms with E-state index in [1.165, 1.54) is 5.56 Å². The van der Waals surface area contributed by atoms with E-state index in [1.807, 2.05) is 6.07 Å². The van der Waals surface area contributed by atoms with Crippen LogP contribution in [0.15, 0.2) is 30.3 Å². The van der Waals surface area contributed by atoms with E-state index in [9.17, 15) is 4.79 Å². The van der Waals surface area contributed by atoms with Crippen molar-refractivity contribution < 1.29 is 9.53 Å². The van der Waals surface area contributed by atoms with Crippen LogP contribution in [0.3, 0.4) is 0 Å². The molecule has 0 saturated carbocycles. The average molecular weight is 337 g/mol. The molecule has 23 heavy (non-hydrogen) atoms. The minimum absolute atomic E-state index is 0.110. The maximum atomic E-state index is 12.1. The second kappa shape index (κ2) is 8.71. The number of nitrogens with one attached hydrogen (secondary N) is 1. The molecular weight excluding hydrogens is 308 g/mol. The zero-order valence-electron chi connectivity index (χ0n) is 14.4. The third-order valence-electron chi connectivity index (χ3n) is 3.80. The summed E-state index contributed by atoms with van der Waals surface area (Å²) < 4.78 is 5.57. The molecule has 0 aliphatic carbocycles. The van der Waals surface area contributed by atoms with Crippen LogP contribution >= 0.6 is 11.8 Å². The Morgan fingerprint density at radius 3 is 2.52 bits per heavy atom. The molecule has 1 aromatic carbocycles. The lowest BCUT2D eigenvalue weighted by Crippen LogP contribution is -2.44. The molecule has 4 nitrogen and oxygen atoms in total. The molecular formula is C18H28N2O2S. The molecule has 0 aromatic heterocycles. The smallest absolute Gasteiger partial charge is 0.230 e. The Kier molecular flexibility index (Phi) is 6.93. The Morgan fingerprint density at radius 2 is 1.91 bits per heavy atom. The van der Waals surface area contributed by atoms with Crippen molar-refractivity contribution in [1.29, 1.82) is 0 Å². The fourth-order valence-electron chi connectivity index (χ4n) is 2.57. The van der Waals surface area contributed by atoms with Crippen molar-refractivity contribution in [3.8, 4) is 0 Å². The zero-order valence-corrected chi connectivity index (χ0v) is 15.2. The van der Waals surface area contributed by atoms with Gasteiger partial charge in [-0.2, -0.15) is 0 Å². The van der Waals surface area contributed by atoms with E-state index in [0.717, 1.165) is 26.3 Å². The normalized spacial score (nSPS) is 17.7. The molecule has 1 N–H and O–H groups in total. The molecule has 1 aromatic rings. The van der Waals surface area contributed by atoms with E-state index < -0.39 is 0 Å². The summed E-state index contributed by atoms with van der Waals surface area (Å²) in [5.74, 6) is 0.618. The lowest BCUT2D eigenvalue weighted by molar-refractivity contribution is -0.118. The number of nitrogens with zero attached hydrogens (tertiary/aromatic N) is 1. The van der Waals surface area contributed by atoms with Crippen LogP contribution in [0, 0.1) is 0 Å². The molecule has 1 unspecified atom stereocenters. The standard InChI is InChI=1S/C18H28N2O2S/c1-18(2,3)23-14-17(21)19-13-16(15-7-5-4-6-8-15)20-9-11-22-12-10-20/h4-8,16H,9-14H2,1-3H3,(H,19,21). The topological polar surface area (TPSA) is 41.6 Å². The van der Waals surface area contributed by atoms with E-state index in [2.05, 4.69) is 55.3 Å². The van der Waals surface area contributed by atoms with Crippen LogP contribution in [-0.4, -0.2) is 54.2 Å². The van der Waals surface area contributed by atoms with Crippen LogP contribution in [0.5, 0.6) is 0 Å². The van der Waals surface area contributed by atoms with Gasteiger partial charge < -0.3 is 10.1 Å². The molecule has 5 heteroatoms. The van der Waals surface area contributed by atoms with Crippen molar-refractivity contribution in [3.63, 3.8) is 0 Å². The van der Waals surface area contributed by atoms with Crippen molar-refractivity contribution in [3.05, 3.63) is 35.9 Å². The lowest BCUT2D eigenvalue weighted by atomic mass is 10.0. The third kappa shape index (κ3) is 6.53. The van der Waals surface area contributed by atoms with Crippen LogP contribution in [-0.2, 0) is 9.53 Å². The van der Waals surface area contributed by atoms with Crippen LogP contribution < -0.4 is 5.32 Å². The lowest BCUT2D eigenvalue weighted by Gasteiger charge is -2.35. The summed E-state index contributed by atoms with van der Waals surface area (Å²) in [6.07, 6.45) is 0. The number of hydrogen-bond donors (Lipinski definition) is 1. The number of carbonyl (C=O) groups excluding carboxylic acids is 1. The molecule has 1 amide bonds. The molecule has 1 aliphatic heterocycles. The van der Waals surface area contributed by atoms with Gasteiger partial charge in [-0.25, -0.2) is 0 Å².